The highest BCUT2D eigenvalue weighted by Gasteiger charge is 2.44. The van der Waals surface area contributed by atoms with Gasteiger partial charge in [-0.15, -0.1) is 0 Å². The summed E-state index contributed by atoms with van der Waals surface area (Å²) in [5.41, 5.74) is 0. The van der Waals surface area contributed by atoms with E-state index in [1.807, 2.05) is 6.08 Å². The van der Waals surface area contributed by atoms with Gasteiger partial charge in [0, 0.05) is 13.3 Å². The third-order valence-electron chi connectivity index (χ3n) is 3.25. The first-order valence-electron chi connectivity index (χ1n) is 6.33. The van der Waals surface area contributed by atoms with Gasteiger partial charge in [0.25, 0.3) is 0 Å². The molecule has 0 saturated carbocycles. The summed E-state index contributed by atoms with van der Waals surface area (Å²) in [6.45, 7) is 2.64. The Kier molecular flexibility index (Phi) is 4.18. The molecule has 2 aliphatic heterocycles. The van der Waals surface area contributed by atoms with Crippen molar-refractivity contribution in [3.63, 3.8) is 0 Å². The summed E-state index contributed by atoms with van der Waals surface area (Å²) in [7, 11) is 0. The molecule has 17 heavy (non-hydrogen) atoms. The first-order chi connectivity index (χ1) is 8.23. The number of hydrogen-bond acceptors (Lipinski definition) is 4. The van der Waals surface area contributed by atoms with Crippen molar-refractivity contribution in [3.8, 4) is 0 Å². The van der Waals surface area contributed by atoms with Gasteiger partial charge in [-0.3, -0.25) is 4.79 Å². The Labute approximate surface area is 102 Å². The standard InChI is InChI=1S/C13H20O4/c1-11(14)17-12-7-3-2-5-9-15-13(12)8-4-6-10-16-13/h2,5,12H,3-4,6-10H2,1H3/b5-2-/t12-,13?/m1/s1. The van der Waals surface area contributed by atoms with Crippen molar-refractivity contribution < 1.29 is 19.0 Å². The molecule has 2 heterocycles. The van der Waals surface area contributed by atoms with Gasteiger partial charge in [-0.05, 0) is 25.7 Å². The maximum Gasteiger partial charge on any atom is 0.303 e. The second-order valence-electron chi connectivity index (χ2n) is 4.58. The molecule has 1 fully saturated rings. The number of rotatable bonds is 1. The summed E-state index contributed by atoms with van der Waals surface area (Å²) in [6.07, 6.45) is 8.34. The lowest BCUT2D eigenvalue weighted by Crippen LogP contribution is -2.51. The summed E-state index contributed by atoms with van der Waals surface area (Å²) in [6, 6.07) is 0. The predicted octanol–water partition coefficient (Wildman–Crippen LogP) is 2.18. The quantitative estimate of drug-likeness (QED) is 0.520. The summed E-state index contributed by atoms with van der Waals surface area (Å²) >= 11 is 0. The van der Waals surface area contributed by atoms with E-state index in [-0.39, 0.29) is 12.1 Å². The molecule has 2 aliphatic rings. The third-order valence-corrected chi connectivity index (χ3v) is 3.25. The number of carbonyl (C=O) groups is 1. The lowest BCUT2D eigenvalue weighted by Gasteiger charge is -2.42. The van der Waals surface area contributed by atoms with Gasteiger partial charge in [0.1, 0.15) is 0 Å². The van der Waals surface area contributed by atoms with Gasteiger partial charge in [0.05, 0.1) is 13.2 Å². The highest BCUT2D eigenvalue weighted by Crippen LogP contribution is 2.34. The fraction of sp³-hybridized carbons (Fsp3) is 0.769. The molecule has 2 rings (SSSR count). The topological polar surface area (TPSA) is 44.8 Å². The van der Waals surface area contributed by atoms with Crippen LogP contribution in [0.1, 0.15) is 39.0 Å². The molecule has 2 atom stereocenters. The minimum absolute atomic E-state index is 0.267. The number of hydrogen-bond donors (Lipinski definition) is 0. The minimum Gasteiger partial charge on any atom is -0.457 e. The predicted molar refractivity (Wildman–Crippen MR) is 62.4 cm³/mol. The molecule has 0 N–H and O–H groups in total. The number of ether oxygens (including phenoxy) is 3. The molecule has 0 aliphatic carbocycles. The van der Waals surface area contributed by atoms with E-state index in [2.05, 4.69) is 6.08 Å². The number of esters is 1. The Morgan fingerprint density at radius 1 is 1.35 bits per heavy atom. The van der Waals surface area contributed by atoms with Gasteiger partial charge in [0.15, 0.2) is 6.10 Å². The first-order valence-corrected chi connectivity index (χ1v) is 6.33. The fourth-order valence-electron chi connectivity index (χ4n) is 2.44. The summed E-state index contributed by atoms with van der Waals surface area (Å²) in [4.78, 5) is 11.2. The van der Waals surface area contributed by atoms with Crippen LogP contribution < -0.4 is 0 Å². The molecule has 4 heteroatoms. The molecule has 96 valence electrons. The molecule has 0 aromatic rings. The largest absolute Gasteiger partial charge is 0.457 e. The van der Waals surface area contributed by atoms with Crippen LogP contribution in [0.3, 0.4) is 0 Å². The van der Waals surface area contributed by atoms with Gasteiger partial charge < -0.3 is 14.2 Å². The summed E-state index contributed by atoms with van der Waals surface area (Å²) in [5.74, 6) is -0.981. The molecule has 1 spiro atoms. The van der Waals surface area contributed by atoms with Crippen LogP contribution in [0.25, 0.3) is 0 Å². The van der Waals surface area contributed by atoms with Crippen LogP contribution in [0.4, 0.5) is 0 Å². The van der Waals surface area contributed by atoms with Gasteiger partial charge >= 0.3 is 5.97 Å². The maximum absolute atomic E-state index is 11.2. The van der Waals surface area contributed by atoms with Crippen molar-refractivity contribution in [1.82, 2.24) is 0 Å². The zero-order valence-corrected chi connectivity index (χ0v) is 10.3. The van der Waals surface area contributed by atoms with Crippen LogP contribution in [0.5, 0.6) is 0 Å². The van der Waals surface area contributed by atoms with Crippen molar-refractivity contribution in [2.75, 3.05) is 13.2 Å². The average molecular weight is 240 g/mol. The lowest BCUT2D eigenvalue weighted by atomic mass is 9.95. The Balaban J connectivity index is 2.14. The molecule has 0 aromatic heterocycles. The lowest BCUT2D eigenvalue weighted by molar-refractivity contribution is -0.299. The summed E-state index contributed by atoms with van der Waals surface area (Å²) < 4.78 is 17.1. The Morgan fingerprint density at radius 3 is 2.94 bits per heavy atom. The van der Waals surface area contributed by atoms with E-state index in [0.717, 1.165) is 32.1 Å². The SMILES string of the molecule is CC(=O)O[C@@H]1CC/C=C\COC12CCCCO2. The molecule has 1 unspecified atom stereocenters. The van der Waals surface area contributed by atoms with Gasteiger partial charge in [-0.25, -0.2) is 0 Å². The Bertz CT molecular complexity index is 292. The van der Waals surface area contributed by atoms with E-state index in [4.69, 9.17) is 14.2 Å². The molecule has 4 nitrogen and oxygen atoms in total. The molecule has 0 aromatic carbocycles. The van der Waals surface area contributed by atoms with E-state index in [1.54, 1.807) is 0 Å². The van der Waals surface area contributed by atoms with E-state index >= 15 is 0 Å². The van der Waals surface area contributed by atoms with Gasteiger partial charge in [-0.2, -0.15) is 0 Å². The Morgan fingerprint density at radius 2 is 2.24 bits per heavy atom. The summed E-state index contributed by atoms with van der Waals surface area (Å²) in [5, 5.41) is 0. The second kappa shape index (κ2) is 5.65. The van der Waals surface area contributed by atoms with Gasteiger partial charge in [0.2, 0.25) is 5.79 Å². The number of carbonyl (C=O) groups excluding carboxylic acids is 1. The molecule has 0 radical (unpaired) electrons. The molecule has 0 amide bonds. The number of allylic oxidation sites excluding steroid dienone is 1. The molecular formula is C13H20O4. The average Bonchev–Trinajstić information content (AvgIpc) is 2.30. The van der Waals surface area contributed by atoms with Crippen molar-refractivity contribution in [3.05, 3.63) is 12.2 Å². The van der Waals surface area contributed by atoms with Crippen LogP contribution in [-0.2, 0) is 19.0 Å². The van der Waals surface area contributed by atoms with Crippen LogP contribution in [0.2, 0.25) is 0 Å². The normalized spacial score (nSPS) is 35.9. The first kappa shape index (κ1) is 12.6. The Hall–Kier alpha value is -0.870. The van der Waals surface area contributed by atoms with Crippen molar-refractivity contribution in [2.45, 2.75) is 50.9 Å². The van der Waals surface area contributed by atoms with E-state index in [1.165, 1.54) is 6.92 Å². The molecular weight excluding hydrogens is 220 g/mol. The fourth-order valence-corrected chi connectivity index (χ4v) is 2.44. The van der Waals surface area contributed by atoms with Crippen LogP contribution in [0.15, 0.2) is 12.2 Å². The van der Waals surface area contributed by atoms with Crippen LogP contribution in [0, 0.1) is 0 Å². The van der Waals surface area contributed by atoms with E-state index in [9.17, 15) is 4.79 Å². The van der Waals surface area contributed by atoms with Gasteiger partial charge in [-0.1, -0.05) is 12.2 Å². The van der Waals surface area contributed by atoms with Crippen LogP contribution >= 0.6 is 0 Å². The highest BCUT2D eigenvalue weighted by molar-refractivity contribution is 5.66. The van der Waals surface area contributed by atoms with Crippen molar-refractivity contribution >= 4 is 5.97 Å². The smallest absolute Gasteiger partial charge is 0.303 e. The molecule has 0 bridgehead atoms. The van der Waals surface area contributed by atoms with Crippen molar-refractivity contribution in [1.29, 1.82) is 0 Å². The third kappa shape index (κ3) is 3.07. The monoisotopic (exact) mass is 240 g/mol. The van der Waals surface area contributed by atoms with E-state index < -0.39 is 5.79 Å². The van der Waals surface area contributed by atoms with Crippen molar-refractivity contribution in [2.24, 2.45) is 0 Å². The highest BCUT2D eigenvalue weighted by atomic mass is 16.7. The zero-order valence-electron chi connectivity index (χ0n) is 10.3. The zero-order chi connectivity index (χ0) is 12.1. The van der Waals surface area contributed by atoms with Crippen LogP contribution in [-0.4, -0.2) is 31.1 Å². The molecule has 1 saturated heterocycles. The second-order valence-corrected chi connectivity index (χ2v) is 4.58. The maximum atomic E-state index is 11.2. The van der Waals surface area contributed by atoms with E-state index in [0.29, 0.717) is 13.2 Å². The minimum atomic E-state index is -0.714.